The largest absolute Gasteiger partial charge is 0.382 e. The average Bonchev–Trinajstić information content (AvgIpc) is 2.38. The zero-order valence-electron chi connectivity index (χ0n) is 10.1. The molecule has 0 aliphatic heterocycles. The molecule has 96 valence electrons. The van der Waals surface area contributed by atoms with E-state index >= 15 is 0 Å². The Labute approximate surface area is 121 Å². The van der Waals surface area contributed by atoms with Crippen molar-refractivity contribution in [1.82, 2.24) is 9.97 Å². The molecule has 19 heavy (non-hydrogen) atoms. The van der Waals surface area contributed by atoms with Gasteiger partial charge in [0.2, 0.25) is 0 Å². The molecule has 1 aromatic carbocycles. The van der Waals surface area contributed by atoms with Crippen molar-refractivity contribution in [3.63, 3.8) is 0 Å². The molecule has 0 aliphatic carbocycles. The summed E-state index contributed by atoms with van der Waals surface area (Å²) in [6.07, 6.45) is 0. The molecule has 0 saturated carbocycles. The average molecular weight is 291 g/mol. The number of anilines is 1. The first-order chi connectivity index (χ1) is 9.04. The molecule has 1 heterocycles. The highest BCUT2D eigenvalue weighted by atomic mass is 35.5. The van der Waals surface area contributed by atoms with Gasteiger partial charge in [-0.15, -0.1) is 0 Å². The highest BCUT2D eigenvalue weighted by Gasteiger charge is 2.17. The molecule has 0 saturated heterocycles. The molecule has 2 rings (SSSR count). The lowest BCUT2D eigenvalue weighted by Crippen LogP contribution is -2.06. The highest BCUT2D eigenvalue weighted by molar-refractivity contribution is 7.80. The minimum absolute atomic E-state index is 0.142. The van der Waals surface area contributed by atoms with Crippen LogP contribution in [-0.4, -0.2) is 9.97 Å². The fourth-order valence-corrected chi connectivity index (χ4v) is 1.98. The molecular weight excluding hydrogens is 280 g/mol. The number of benzene rings is 1. The number of nitrogens with two attached hydrogens (primary N) is 1. The third-order valence-corrected chi connectivity index (χ3v) is 3.13. The summed E-state index contributed by atoms with van der Waals surface area (Å²) in [7, 11) is 0. The second-order valence-corrected chi connectivity index (χ2v) is 5.14. The third kappa shape index (κ3) is 2.65. The Morgan fingerprint density at radius 1 is 1.37 bits per heavy atom. The van der Waals surface area contributed by atoms with Gasteiger partial charge in [-0.1, -0.05) is 29.8 Å². The van der Waals surface area contributed by atoms with Crippen LogP contribution in [0.2, 0.25) is 5.02 Å². The second kappa shape index (κ2) is 5.47. The summed E-state index contributed by atoms with van der Waals surface area (Å²) in [5.74, 6) is 0.609. The lowest BCUT2D eigenvalue weighted by molar-refractivity contribution is 0.930. The van der Waals surface area contributed by atoms with Crippen LogP contribution < -0.4 is 5.73 Å². The van der Waals surface area contributed by atoms with Gasteiger partial charge in [0.15, 0.2) is 0 Å². The van der Waals surface area contributed by atoms with E-state index in [1.807, 2.05) is 25.1 Å². The van der Waals surface area contributed by atoms with Crippen molar-refractivity contribution >= 4 is 30.0 Å². The predicted octanol–water partition coefficient (Wildman–Crippen LogP) is 3.24. The van der Waals surface area contributed by atoms with Crippen LogP contribution in [0.4, 0.5) is 5.82 Å². The number of aromatic nitrogens is 2. The molecule has 0 aliphatic rings. The maximum Gasteiger partial charge on any atom is 0.145 e. The summed E-state index contributed by atoms with van der Waals surface area (Å²) in [5, 5.41) is 9.53. The normalized spacial score (nSPS) is 11.9. The van der Waals surface area contributed by atoms with Crippen LogP contribution in [0.3, 0.4) is 0 Å². The number of halogens is 1. The zero-order chi connectivity index (χ0) is 14.0. The number of nitriles is 1. The Morgan fingerprint density at radius 3 is 2.63 bits per heavy atom. The van der Waals surface area contributed by atoms with E-state index in [-0.39, 0.29) is 16.6 Å². The summed E-state index contributed by atoms with van der Waals surface area (Å²) in [6, 6.07) is 9.18. The summed E-state index contributed by atoms with van der Waals surface area (Å²) in [5.41, 5.74) is 7.13. The first-order valence-corrected chi connectivity index (χ1v) is 6.44. The summed E-state index contributed by atoms with van der Waals surface area (Å²) < 4.78 is 0. The van der Waals surface area contributed by atoms with E-state index in [1.165, 1.54) is 0 Å². The molecule has 0 amide bonds. The fourth-order valence-electron chi connectivity index (χ4n) is 1.64. The van der Waals surface area contributed by atoms with Gasteiger partial charge in [-0.25, -0.2) is 9.97 Å². The Bertz CT molecular complexity index is 664. The summed E-state index contributed by atoms with van der Waals surface area (Å²) in [4.78, 5) is 8.44. The zero-order valence-corrected chi connectivity index (χ0v) is 11.8. The standard InChI is InChI=1S/C13H11ClN4S/c1-7(19)13-17-11(9(6-15)12(16)18-13)8-4-2-3-5-10(8)14/h2-5,7,19H,1H3,(H2,16,17,18). The maximum absolute atomic E-state index is 9.21. The van der Waals surface area contributed by atoms with Crippen LogP contribution in [0.5, 0.6) is 0 Å². The molecule has 1 unspecified atom stereocenters. The van der Waals surface area contributed by atoms with Crippen molar-refractivity contribution in [2.75, 3.05) is 5.73 Å². The van der Waals surface area contributed by atoms with Crippen LogP contribution in [0.1, 0.15) is 23.6 Å². The van der Waals surface area contributed by atoms with E-state index in [2.05, 4.69) is 22.6 Å². The van der Waals surface area contributed by atoms with E-state index in [1.54, 1.807) is 12.1 Å². The summed E-state index contributed by atoms with van der Waals surface area (Å²) in [6.45, 7) is 1.83. The highest BCUT2D eigenvalue weighted by Crippen LogP contribution is 2.31. The first kappa shape index (κ1) is 13.7. The molecule has 2 N–H and O–H groups in total. The Balaban J connectivity index is 2.75. The van der Waals surface area contributed by atoms with Gasteiger partial charge in [0.25, 0.3) is 0 Å². The van der Waals surface area contributed by atoms with Crippen LogP contribution in [0.25, 0.3) is 11.3 Å². The Morgan fingerprint density at radius 2 is 2.05 bits per heavy atom. The number of nitrogens with zero attached hydrogens (tertiary/aromatic N) is 3. The van der Waals surface area contributed by atoms with E-state index < -0.39 is 0 Å². The van der Waals surface area contributed by atoms with E-state index in [4.69, 9.17) is 17.3 Å². The van der Waals surface area contributed by atoms with Gasteiger partial charge >= 0.3 is 0 Å². The second-order valence-electron chi connectivity index (χ2n) is 3.96. The van der Waals surface area contributed by atoms with Crippen LogP contribution in [-0.2, 0) is 0 Å². The molecule has 4 nitrogen and oxygen atoms in total. The monoisotopic (exact) mass is 290 g/mol. The van der Waals surface area contributed by atoms with Crippen molar-refractivity contribution in [2.45, 2.75) is 12.2 Å². The van der Waals surface area contributed by atoms with E-state index in [0.29, 0.717) is 22.1 Å². The van der Waals surface area contributed by atoms with Crippen LogP contribution >= 0.6 is 24.2 Å². The topological polar surface area (TPSA) is 75.6 Å². The molecule has 2 aromatic rings. The quantitative estimate of drug-likeness (QED) is 0.833. The van der Waals surface area contributed by atoms with Gasteiger partial charge in [0, 0.05) is 5.56 Å². The SMILES string of the molecule is CC(S)c1nc(N)c(C#N)c(-c2ccccc2Cl)n1. The minimum Gasteiger partial charge on any atom is -0.382 e. The molecule has 1 atom stereocenters. The molecule has 0 spiro atoms. The number of thiol groups is 1. The first-order valence-electron chi connectivity index (χ1n) is 5.55. The van der Waals surface area contributed by atoms with E-state index in [9.17, 15) is 5.26 Å². The number of rotatable bonds is 2. The van der Waals surface area contributed by atoms with Crippen molar-refractivity contribution in [2.24, 2.45) is 0 Å². The van der Waals surface area contributed by atoms with Gasteiger partial charge in [-0.2, -0.15) is 17.9 Å². The lowest BCUT2D eigenvalue weighted by Gasteiger charge is -2.11. The molecular formula is C13H11ClN4S. The molecule has 0 bridgehead atoms. The van der Waals surface area contributed by atoms with Gasteiger partial charge in [-0.3, -0.25) is 0 Å². The van der Waals surface area contributed by atoms with Gasteiger partial charge in [0.1, 0.15) is 23.3 Å². The molecule has 0 fully saturated rings. The number of nitrogen functional groups attached to an aromatic ring is 1. The smallest absolute Gasteiger partial charge is 0.145 e. The van der Waals surface area contributed by atoms with Gasteiger partial charge in [0.05, 0.1) is 16.0 Å². The van der Waals surface area contributed by atoms with Crippen molar-refractivity contribution in [3.05, 3.63) is 40.7 Å². The molecule has 6 heteroatoms. The lowest BCUT2D eigenvalue weighted by atomic mass is 10.1. The third-order valence-electron chi connectivity index (χ3n) is 2.57. The Hall–Kier alpha value is -1.77. The summed E-state index contributed by atoms with van der Waals surface area (Å²) >= 11 is 10.4. The Kier molecular flexibility index (Phi) is 3.93. The number of hydrogen-bond acceptors (Lipinski definition) is 5. The van der Waals surface area contributed by atoms with Crippen LogP contribution in [0.15, 0.2) is 24.3 Å². The number of hydrogen-bond donors (Lipinski definition) is 2. The van der Waals surface area contributed by atoms with Crippen molar-refractivity contribution in [3.8, 4) is 17.3 Å². The van der Waals surface area contributed by atoms with Crippen molar-refractivity contribution in [1.29, 1.82) is 5.26 Å². The van der Waals surface area contributed by atoms with Gasteiger partial charge < -0.3 is 5.73 Å². The van der Waals surface area contributed by atoms with Crippen molar-refractivity contribution < 1.29 is 0 Å². The minimum atomic E-state index is -0.184. The van der Waals surface area contributed by atoms with E-state index in [0.717, 1.165) is 0 Å². The van der Waals surface area contributed by atoms with Crippen LogP contribution in [0, 0.1) is 11.3 Å². The van der Waals surface area contributed by atoms with Gasteiger partial charge in [-0.05, 0) is 13.0 Å². The predicted molar refractivity (Wildman–Crippen MR) is 79.0 cm³/mol. The fraction of sp³-hybridized carbons (Fsp3) is 0.154. The maximum atomic E-state index is 9.21. The molecule has 0 radical (unpaired) electrons. The molecule has 1 aromatic heterocycles.